The zero-order valence-corrected chi connectivity index (χ0v) is 8.48. The molecule has 0 amide bonds. The van der Waals surface area contributed by atoms with E-state index >= 15 is 0 Å². The van der Waals surface area contributed by atoms with Crippen molar-refractivity contribution in [1.82, 2.24) is 9.97 Å². The van der Waals surface area contributed by atoms with E-state index in [1.165, 1.54) is 12.4 Å². The van der Waals surface area contributed by atoms with E-state index in [9.17, 15) is 0 Å². The summed E-state index contributed by atoms with van der Waals surface area (Å²) < 4.78 is 5.41. The summed E-state index contributed by atoms with van der Waals surface area (Å²) in [4.78, 5) is 7.80. The SMILES string of the molecule is Nc1nccnc1Oc1ccccc1Cl. The van der Waals surface area contributed by atoms with Crippen molar-refractivity contribution in [3.8, 4) is 11.6 Å². The van der Waals surface area contributed by atoms with E-state index < -0.39 is 0 Å². The number of hydrogen-bond donors (Lipinski definition) is 1. The number of rotatable bonds is 2. The molecule has 0 fully saturated rings. The molecule has 1 aromatic carbocycles. The Balaban J connectivity index is 2.30. The summed E-state index contributed by atoms with van der Waals surface area (Å²) in [7, 11) is 0. The topological polar surface area (TPSA) is 61.0 Å². The Morgan fingerprint density at radius 3 is 2.60 bits per heavy atom. The van der Waals surface area contributed by atoms with E-state index in [0.717, 1.165) is 0 Å². The normalized spacial score (nSPS) is 9.93. The van der Waals surface area contributed by atoms with Crippen molar-refractivity contribution >= 4 is 17.4 Å². The van der Waals surface area contributed by atoms with Gasteiger partial charge in [0.2, 0.25) is 0 Å². The lowest BCUT2D eigenvalue weighted by Crippen LogP contribution is -1.97. The van der Waals surface area contributed by atoms with Gasteiger partial charge in [-0.2, -0.15) is 0 Å². The van der Waals surface area contributed by atoms with E-state index in [1.54, 1.807) is 12.1 Å². The Morgan fingerprint density at radius 2 is 1.87 bits per heavy atom. The molecule has 2 aromatic rings. The number of aromatic nitrogens is 2. The van der Waals surface area contributed by atoms with Crippen LogP contribution >= 0.6 is 11.6 Å². The summed E-state index contributed by atoms with van der Waals surface area (Å²) in [5.74, 6) is 0.995. The maximum Gasteiger partial charge on any atom is 0.262 e. The molecule has 15 heavy (non-hydrogen) atoms. The van der Waals surface area contributed by atoms with Crippen LogP contribution in [-0.4, -0.2) is 9.97 Å². The van der Waals surface area contributed by atoms with Gasteiger partial charge < -0.3 is 10.5 Å². The molecule has 0 spiro atoms. The van der Waals surface area contributed by atoms with Crippen molar-refractivity contribution in [3.63, 3.8) is 0 Å². The molecule has 5 heteroatoms. The first kappa shape index (κ1) is 9.73. The number of benzene rings is 1. The van der Waals surface area contributed by atoms with Crippen molar-refractivity contribution in [2.45, 2.75) is 0 Å². The van der Waals surface area contributed by atoms with Gasteiger partial charge in [-0.15, -0.1) is 0 Å². The third-order valence-electron chi connectivity index (χ3n) is 1.73. The molecular weight excluding hydrogens is 214 g/mol. The standard InChI is InChI=1S/C10H8ClN3O/c11-7-3-1-2-4-8(7)15-10-9(12)13-5-6-14-10/h1-6H,(H2,12,13). The van der Waals surface area contributed by atoms with E-state index in [4.69, 9.17) is 22.1 Å². The van der Waals surface area contributed by atoms with Crippen molar-refractivity contribution in [3.05, 3.63) is 41.7 Å². The summed E-state index contributed by atoms with van der Waals surface area (Å²) >= 11 is 5.91. The lowest BCUT2D eigenvalue weighted by molar-refractivity contribution is 0.463. The number of anilines is 1. The number of hydrogen-bond acceptors (Lipinski definition) is 4. The van der Waals surface area contributed by atoms with Gasteiger partial charge >= 0.3 is 0 Å². The monoisotopic (exact) mass is 221 g/mol. The van der Waals surface area contributed by atoms with Gasteiger partial charge in [0.05, 0.1) is 5.02 Å². The highest BCUT2D eigenvalue weighted by Gasteiger charge is 2.06. The van der Waals surface area contributed by atoms with Crippen LogP contribution in [0.5, 0.6) is 11.6 Å². The van der Waals surface area contributed by atoms with Gasteiger partial charge in [0.1, 0.15) is 5.75 Å². The highest BCUT2D eigenvalue weighted by atomic mass is 35.5. The van der Waals surface area contributed by atoms with Crippen molar-refractivity contribution in [1.29, 1.82) is 0 Å². The average Bonchev–Trinajstić information content (AvgIpc) is 2.24. The molecule has 0 saturated carbocycles. The van der Waals surface area contributed by atoms with Crippen LogP contribution in [-0.2, 0) is 0 Å². The quantitative estimate of drug-likeness (QED) is 0.847. The Hall–Kier alpha value is -1.81. The number of halogens is 1. The summed E-state index contributed by atoms with van der Waals surface area (Å²) in [5.41, 5.74) is 5.58. The zero-order chi connectivity index (χ0) is 10.7. The van der Waals surface area contributed by atoms with Crippen molar-refractivity contribution < 1.29 is 4.74 Å². The van der Waals surface area contributed by atoms with E-state index in [1.807, 2.05) is 12.1 Å². The first-order valence-electron chi connectivity index (χ1n) is 4.26. The summed E-state index contributed by atoms with van der Waals surface area (Å²) in [6.07, 6.45) is 3.00. The third-order valence-corrected chi connectivity index (χ3v) is 2.05. The van der Waals surface area contributed by atoms with Crippen molar-refractivity contribution in [2.24, 2.45) is 0 Å². The lowest BCUT2D eigenvalue weighted by atomic mass is 10.3. The summed E-state index contributed by atoms with van der Waals surface area (Å²) in [6, 6.07) is 7.09. The van der Waals surface area contributed by atoms with Gasteiger partial charge in [-0.1, -0.05) is 23.7 Å². The third kappa shape index (κ3) is 2.16. The fraction of sp³-hybridized carbons (Fsp3) is 0. The Labute approximate surface area is 91.7 Å². The van der Waals surface area contributed by atoms with Gasteiger partial charge in [0, 0.05) is 12.4 Å². The van der Waals surface area contributed by atoms with E-state index in [2.05, 4.69) is 9.97 Å². The van der Waals surface area contributed by atoms with Crippen LogP contribution in [0.25, 0.3) is 0 Å². The minimum absolute atomic E-state index is 0.234. The van der Waals surface area contributed by atoms with Gasteiger partial charge in [-0.05, 0) is 12.1 Å². The van der Waals surface area contributed by atoms with Crippen LogP contribution in [0.15, 0.2) is 36.7 Å². The van der Waals surface area contributed by atoms with Crippen molar-refractivity contribution in [2.75, 3.05) is 5.73 Å². The molecule has 2 rings (SSSR count). The molecule has 0 aliphatic heterocycles. The van der Waals surface area contributed by atoms with Gasteiger partial charge in [-0.25, -0.2) is 9.97 Å². The van der Waals surface area contributed by atoms with Gasteiger partial charge in [0.15, 0.2) is 5.82 Å². The largest absolute Gasteiger partial charge is 0.434 e. The number of para-hydroxylation sites is 1. The molecule has 1 heterocycles. The number of nitrogen functional groups attached to an aromatic ring is 1. The molecule has 2 N–H and O–H groups in total. The number of ether oxygens (including phenoxy) is 1. The average molecular weight is 222 g/mol. The predicted molar refractivity (Wildman–Crippen MR) is 58.0 cm³/mol. The second kappa shape index (κ2) is 4.14. The second-order valence-electron chi connectivity index (χ2n) is 2.78. The predicted octanol–water partition coefficient (Wildman–Crippen LogP) is 2.50. The molecule has 0 aliphatic carbocycles. The molecule has 0 bridgehead atoms. The van der Waals surface area contributed by atoms with Crippen LogP contribution in [0.1, 0.15) is 0 Å². The Bertz CT molecular complexity index is 432. The van der Waals surface area contributed by atoms with E-state index in [-0.39, 0.29) is 11.7 Å². The van der Waals surface area contributed by atoms with Crippen LogP contribution in [0, 0.1) is 0 Å². The smallest absolute Gasteiger partial charge is 0.262 e. The summed E-state index contributed by atoms with van der Waals surface area (Å²) in [6.45, 7) is 0. The number of nitrogens with zero attached hydrogens (tertiary/aromatic N) is 2. The zero-order valence-electron chi connectivity index (χ0n) is 7.72. The van der Waals surface area contributed by atoms with Gasteiger partial charge in [0.25, 0.3) is 5.88 Å². The molecular formula is C10H8ClN3O. The highest BCUT2D eigenvalue weighted by molar-refractivity contribution is 6.32. The molecule has 0 unspecified atom stereocenters. The lowest BCUT2D eigenvalue weighted by Gasteiger charge is -2.06. The van der Waals surface area contributed by atoms with Crippen LogP contribution < -0.4 is 10.5 Å². The van der Waals surface area contributed by atoms with Crippen LogP contribution in [0.4, 0.5) is 5.82 Å². The minimum Gasteiger partial charge on any atom is -0.434 e. The number of nitrogens with two attached hydrogens (primary N) is 1. The van der Waals surface area contributed by atoms with Gasteiger partial charge in [-0.3, -0.25) is 0 Å². The Morgan fingerprint density at radius 1 is 1.13 bits per heavy atom. The second-order valence-corrected chi connectivity index (χ2v) is 3.19. The summed E-state index contributed by atoms with van der Waals surface area (Å²) in [5, 5.41) is 0.502. The molecule has 1 aromatic heterocycles. The molecule has 0 atom stereocenters. The highest BCUT2D eigenvalue weighted by Crippen LogP contribution is 2.29. The Kier molecular flexibility index (Phi) is 2.69. The first-order valence-corrected chi connectivity index (χ1v) is 4.64. The molecule has 4 nitrogen and oxygen atoms in total. The first-order chi connectivity index (χ1) is 7.27. The fourth-order valence-electron chi connectivity index (χ4n) is 1.05. The molecule has 76 valence electrons. The molecule has 0 saturated heterocycles. The minimum atomic E-state index is 0.234. The molecule has 0 radical (unpaired) electrons. The maximum absolute atomic E-state index is 5.91. The fourth-order valence-corrected chi connectivity index (χ4v) is 1.22. The van der Waals surface area contributed by atoms with E-state index in [0.29, 0.717) is 10.8 Å². The van der Waals surface area contributed by atoms with Crippen LogP contribution in [0.3, 0.4) is 0 Å². The molecule has 0 aliphatic rings. The van der Waals surface area contributed by atoms with Crippen LogP contribution in [0.2, 0.25) is 5.02 Å². The maximum atomic E-state index is 5.91.